The van der Waals surface area contributed by atoms with Gasteiger partial charge in [0.2, 0.25) is 0 Å². The smallest absolute Gasteiger partial charge is 0.123 e. The molecule has 0 atom stereocenters. The van der Waals surface area contributed by atoms with E-state index in [0.717, 1.165) is 22.4 Å². The van der Waals surface area contributed by atoms with E-state index in [-0.39, 0.29) is 19.1 Å². The molecular weight excluding hydrogens is 252 g/mol. The average Bonchev–Trinajstić information content (AvgIpc) is 2.49. The lowest BCUT2D eigenvalue weighted by molar-refractivity contribution is 0.188. The van der Waals surface area contributed by atoms with Crippen molar-refractivity contribution in [1.82, 2.24) is 0 Å². The van der Waals surface area contributed by atoms with Crippen molar-refractivity contribution in [2.24, 2.45) is 0 Å². The predicted octanol–water partition coefficient (Wildman–Crippen LogP) is 2.64. The van der Waals surface area contributed by atoms with E-state index < -0.39 is 0 Å². The van der Waals surface area contributed by atoms with Crippen molar-refractivity contribution in [2.45, 2.75) is 19.4 Å². The molecule has 3 nitrogen and oxygen atoms in total. The minimum Gasteiger partial charge on any atom is -0.489 e. The van der Waals surface area contributed by atoms with Gasteiger partial charge in [-0.05, 0) is 24.1 Å². The summed E-state index contributed by atoms with van der Waals surface area (Å²) in [7, 11) is 0. The molecule has 0 saturated carbocycles. The Hall–Kier alpha value is -1.84. The van der Waals surface area contributed by atoms with Gasteiger partial charge in [-0.15, -0.1) is 0 Å². The highest BCUT2D eigenvalue weighted by Crippen LogP contribution is 2.28. The zero-order valence-electron chi connectivity index (χ0n) is 11.6. The van der Waals surface area contributed by atoms with Crippen molar-refractivity contribution in [3.05, 3.63) is 65.2 Å². The van der Waals surface area contributed by atoms with E-state index in [9.17, 15) is 10.2 Å². The van der Waals surface area contributed by atoms with Gasteiger partial charge in [0.15, 0.2) is 0 Å². The van der Waals surface area contributed by atoms with Gasteiger partial charge in [0.25, 0.3) is 0 Å². The molecule has 0 amide bonds. The van der Waals surface area contributed by atoms with Gasteiger partial charge in [0.1, 0.15) is 12.4 Å². The minimum atomic E-state index is -0.304. The first-order valence-electron chi connectivity index (χ1n) is 6.73. The first-order valence-corrected chi connectivity index (χ1v) is 6.73. The molecule has 106 valence electrons. The highest BCUT2D eigenvalue weighted by Gasteiger charge is 2.15. The zero-order chi connectivity index (χ0) is 14.4. The third kappa shape index (κ3) is 3.59. The Morgan fingerprint density at radius 1 is 1.00 bits per heavy atom. The maximum Gasteiger partial charge on any atom is 0.123 e. The Bertz CT molecular complexity index is 533. The number of aliphatic hydroxyl groups is 2. The molecule has 0 unspecified atom stereocenters. The van der Waals surface area contributed by atoms with Gasteiger partial charge in [-0.2, -0.15) is 0 Å². The maximum absolute atomic E-state index is 9.34. The molecule has 0 aliphatic carbocycles. The summed E-state index contributed by atoms with van der Waals surface area (Å²) < 4.78 is 5.87. The molecule has 20 heavy (non-hydrogen) atoms. The van der Waals surface area contributed by atoms with E-state index in [1.54, 1.807) is 0 Å². The molecule has 2 aromatic rings. The summed E-state index contributed by atoms with van der Waals surface area (Å²) >= 11 is 0. The fraction of sp³-hybridized carbons (Fsp3) is 0.294. The zero-order valence-corrected chi connectivity index (χ0v) is 11.6. The van der Waals surface area contributed by atoms with Crippen LogP contribution in [0.5, 0.6) is 5.75 Å². The fourth-order valence-corrected chi connectivity index (χ4v) is 2.09. The number of rotatable bonds is 6. The lowest BCUT2D eigenvalue weighted by atomic mass is 9.98. The van der Waals surface area contributed by atoms with Gasteiger partial charge < -0.3 is 14.9 Å². The maximum atomic E-state index is 9.34. The summed E-state index contributed by atoms with van der Waals surface area (Å²) in [5, 5.41) is 18.7. The van der Waals surface area contributed by atoms with Gasteiger partial charge in [0, 0.05) is 11.5 Å². The summed E-state index contributed by atoms with van der Waals surface area (Å²) in [6.07, 6.45) is 0. The number of hydrogen-bond donors (Lipinski definition) is 2. The molecule has 0 saturated heterocycles. The summed E-state index contributed by atoms with van der Waals surface area (Å²) in [6.45, 7) is 2.27. The van der Waals surface area contributed by atoms with E-state index in [1.807, 2.05) is 55.5 Å². The molecule has 2 N–H and O–H groups in total. The number of ether oxygens (including phenoxy) is 1. The van der Waals surface area contributed by atoms with Gasteiger partial charge >= 0.3 is 0 Å². The number of benzene rings is 2. The van der Waals surface area contributed by atoms with Gasteiger partial charge in [0.05, 0.1) is 13.2 Å². The molecule has 0 heterocycles. The molecule has 0 aliphatic rings. The number of hydrogen-bond acceptors (Lipinski definition) is 3. The van der Waals surface area contributed by atoms with E-state index in [1.165, 1.54) is 0 Å². The lowest BCUT2D eigenvalue weighted by Gasteiger charge is -2.17. The van der Waals surface area contributed by atoms with E-state index in [0.29, 0.717) is 6.61 Å². The number of aryl methyl sites for hydroxylation is 1. The van der Waals surface area contributed by atoms with Gasteiger partial charge in [-0.1, -0.05) is 42.5 Å². The van der Waals surface area contributed by atoms with Gasteiger partial charge in [-0.25, -0.2) is 0 Å². The molecule has 2 aromatic carbocycles. The van der Waals surface area contributed by atoms with E-state index in [4.69, 9.17) is 4.74 Å². The van der Waals surface area contributed by atoms with Crippen LogP contribution in [0.3, 0.4) is 0 Å². The monoisotopic (exact) mass is 272 g/mol. The second kappa shape index (κ2) is 7.08. The van der Waals surface area contributed by atoms with Crippen molar-refractivity contribution in [1.29, 1.82) is 0 Å². The highest BCUT2D eigenvalue weighted by atomic mass is 16.5. The van der Waals surface area contributed by atoms with Crippen LogP contribution in [0, 0.1) is 6.92 Å². The summed E-state index contributed by atoms with van der Waals surface area (Å²) in [6, 6.07) is 15.7. The largest absolute Gasteiger partial charge is 0.489 e. The summed E-state index contributed by atoms with van der Waals surface area (Å²) in [5.74, 6) is 0.420. The van der Waals surface area contributed by atoms with Crippen LogP contribution in [0.25, 0.3) is 0 Å². The Labute approximate surface area is 119 Å². The topological polar surface area (TPSA) is 49.7 Å². The first kappa shape index (κ1) is 14.6. The van der Waals surface area contributed by atoms with E-state index >= 15 is 0 Å². The third-order valence-electron chi connectivity index (χ3n) is 3.29. The van der Waals surface area contributed by atoms with Crippen LogP contribution in [0.1, 0.15) is 22.6 Å². The van der Waals surface area contributed by atoms with Crippen LogP contribution in [0.4, 0.5) is 0 Å². The molecule has 0 aromatic heterocycles. The van der Waals surface area contributed by atoms with Crippen LogP contribution >= 0.6 is 0 Å². The van der Waals surface area contributed by atoms with Crippen molar-refractivity contribution in [3.8, 4) is 5.75 Å². The molecule has 0 bridgehead atoms. The fourth-order valence-electron chi connectivity index (χ4n) is 2.09. The lowest BCUT2D eigenvalue weighted by Crippen LogP contribution is -2.11. The highest BCUT2D eigenvalue weighted by molar-refractivity contribution is 5.40. The SMILES string of the molecule is Cc1ccc(C(CO)CO)c(OCc2ccccc2)c1. The Kier molecular flexibility index (Phi) is 5.16. The van der Waals surface area contributed by atoms with Crippen molar-refractivity contribution >= 4 is 0 Å². The number of aliphatic hydroxyl groups excluding tert-OH is 2. The molecule has 0 fully saturated rings. The third-order valence-corrected chi connectivity index (χ3v) is 3.29. The van der Waals surface area contributed by atoms with Crippen LogP contribution in [0.15, 0.2) is 48.5 Å². The molecule has 0 aliphatic heterocycles. The van der Waals surface area contributed by atoms with E-state index in [2.05, 4.69) is 0 Å². The normalized spacial score (nSPS) is 10.8. The molecule has 2 rings (SSSR count). The second-order valence-electron chi connectivity index (χ2n) is 4.88. The molecule has 0 spiro atoms. The predicted molar refractivity (Wildman–Crippen MR) is 78.9 cm³/mol. The van der Waals surface area contributed by atoms with Gasteiger partial charge in [-0.3, -0.25) is 0 Å². The Morgan fingerprint density at radius 2 is 1.70 bits per heavy atom. The van der Waals surface area contributed by atoms with Crippen molar-refractivity contribution in [2.75, 3.05) is 13.2 Å². The Morgan fingerprint density at radius 3 is 2.35 bits per heavy atom. The summed E-state index contributed by atoms with van der Waals surface area (Å²) in [5.41, 5.74) is 3.02. The quantitative estimate of drug-likeness (QED) is 0.850. The van der Waals surface area contributed by atoms with Crippen molar-refractivity contribution < 1.29 is 14.9 Å². The van der Waals surface area contributed by atoms with Crippen LogP contribution < -0.4 is 4.74 Å². The van der Waals surface area contributed by atoms with Crippen LogP contribution in [-0.4, -0.2) is 23.4 Å². The standard InChI is InChI=1S/C17H20O3/c1-13-7-8-16(15(10-18)11-19)17(9-13)20-12-14-5-3-2-4-6-14/h2-9,15,18-19H,10-12H2,1H3. The molecule has 0 radical (unpaired) electrons. The minimum absolute atomic E-state index is 0.0960. The Balaban J connectivity index is 2.19. The molecule has 3 heteroatoms. The van der Waals surface area contributed by atoms with Crippen LogP contribution in [-0.2, 0) is 6.61 Å². The second-order valence-corrected chi connectivity index (χ2v) is 4.88. The average molecular weight is 272 g/mol. The molecular formula is C17H20O3. The first-order chi connectivity index (χ1) is 9.74. The summed E-state index contributed by atoms with van der Waals surface area (Å²) in [4.78, 5) is 0. The van der Waals surface area contributed by atoms with Crippen molar-refractivity contribution in [3.63, 3.8) is 0 Å². The van der Waals surface area contributed by atoms with Crippen LogP contribution in [0.2, 0.25) is 0 Å².